The first kappa shape index (κ1) is 9.95. The van der Waals surface area contributed by atoms with Gasteiger partial charge in [-0.05, 0) is 31.2 Å². The first-order valence-corrected chi connectivity index (χ1v) is 4.07. The van der Waals surface area contributed by atoms with Gasteiger partial charge in [0.15, 0.2) is 0 Å². The third kappa shape index (κ3) is 3.40. The molecule has 3 N–H and O–H groups in total. The van der Waals surface area contributed by atoms with Gasteiger partial charge in [0.2, 0.25) is 0 Å². The molecule has 1 atom stereocenters. The van der Waals surface area contributed by atoms with Crippen molar-refractivity contribution < 1.29 is 9.13 Å². The summed E-state index contributed by atoms with van der Waals surface area (Å²) in [4.78, 5) is 0. The summed E-state index contributed by atoms with van der Waals surface area (Å²) in [5.74, 6) is 5.55. The Bertz CT molecular complexity index is 250. The molecule has 0 aliphatic heterocycles. The minimum absolute atomic E-state index is 0.0741. The van der Waals surface area contributed by atoms with Gasteiger partial charge in [-0.3, -0.25) is 11.3 Å². The Morgan fingerprint density at radius 2 is 2.08 bits per heavy atom. The summed E-state index contributed by atoms with van der Waals surface area (Å²) in [6.45, 7) is 2.35. The van der Waals surface area contributed by atoms with Crippen molar-refractivity contribution in [3.63, 3.8) is 0 Å². The number of rotatable bonds is 4. The lowest BCUT2D eigenvalue weighted by Crippen LogP contribution is -2.36. The smallest absolute Gasteiger partial charge is 0.123 e. The largest absolute Gasteiger partial charge is 0.492 e. The fourth-order valence-corrected chi connectivity index (χ4v) is 0.800. The van der Waals surface area contributed by atoms with E-state index < -0.39 is 0 Å². The van der Waals surface area contributed by atoms with E-state index in [1.54, 1.807) is 12.1 Å². The Morgan fingerprint density at radius 3 is 2.62 bits per heavy atom. The van der Waals surface area contributed by atoms with Crippen molar-refractivity contribution in [1.29, 1.82) is 0 Å². The van der Waals surface area contributed by atoms with Gasteiger partial charge in [-0.25, -0.2) is 4.39 Å². The SMILES string of the molecule is CC(COc1ccc(F)cc1)NN. The third-order valence-corrected chi connectivity index (χ3v) is 1.60. The van der Waals surface area contributed by atoms with Crippen LogP contribution >= 0.6 is 0 Å². The van der Waals surface area contributed by atoms with Crippen molar-refractivity contribution in [2.24, 2.45) is 5.84 Å². The van der Waals surface area contributed by atoms with Crippen molar-refractivity contribution in [2.45, 2.75) is 13.0 Å². The molecular weight excluding hydrogens is 171 g/mol. The van der Waals surface area contributed by atoms with Gasteiger partial charge < -0.3 is 4.74 Å². The minimum Gasteiger partial charge on any atom is -0.492 e. The number of hydrogen-bond donors (Lipinski definition) is 2. The molecular formula is C9H13FN2O. The zero-order valence-electron chi connectivity index (χ0n) is 7.46. The summed E-state index contributed by atoms with van der Waals surface area (Å²) < 4.78 is 17.8. The number of hydrazine groups is 1. The van der Waals surface area contributed by atoms with Gasteiger partial charge in [-0.2, -0.15) is 0 Å². The second kappa shape index (κ2) is 4.79. The number of nitrogens with one attached hydrogen (secondary N) is 1. The number of halogens is 1. The predicted octanol–water partition coefficient (Wildman–Crippen LogP) is 1.06. The van der Waals surface area contributed by atoms with E-state index in [-0.39, 0.29) is 11.9 Å². The van der Waals surface area contributed by atoms with Crippen LogP contribution in [-0.2, 0) is 0 Å². The monoisotopic (exact) mass is 184 g/mol. The molecule has 72 valence electrons. The van der Waals surface area contributed by atoms with E-state index in [4.69, 9.17) is 10.6 Å². The normalized spacial score (nSPS) is 12.5. The Hall–Kier alpha value is -1.13. The first-order valence-electron chi connectivity index (χ1n) is 4.07. The van der Waals surface area contributed by atoms with E-state index in [0.717, 1.165) is 0 Å². The van der Waals surface area contributed by atoms with Crippen LogP contribution in [0, 0.1) is 5.82 Å². The Labute approximate surface area is 76.7 Å². The molecule has 0 heterocycles. The summed E-state index contributed by atoms with van der Waals surface area (Å²) in [7, 11) is 0. The molecule has 0 spiro atoms. The average Bonchev–Trinajstić information content (AvgIpc) is 2.16. The van der Waals surface area contributed by atoms with E-state index in [9.17, 15) is 4.39 Å². The molecule has 3 nitrogen and oxygen atoms in total. The molecule has 0 saturated heterocycles. The van der Waals surface area contributed by atoms with E-state index >= 15 is 0 Å². The van der Waals surface area contributed by atoms with Crippen LogP contribution < -0.4 is 16.0 Å². The van der Waals surface area contributed by atoms with E-state index in [2.05, 4.69) is 5.43 Å². The zero-order valence-corrected chi connectivity index (χ0v) is 7.46. The van der Waals surface area contributed by atoms with Crippen molar-refractivity contribution in [3.05, 3.63) is 30.1 Å². The minimum atomic E-state index is -0.266. The second-order valence-electron chi connectivity index (χ2n) is 2.83. The van der Waals surface area contributed by atoms with Crippen LogP contribution in [0.1, 0.15) is 6.92 Å². The van der Waals surface area contributed by atoms with Gasteiger partial charge in [0.25, 0.3) is 0 Å². The summed E-state index contributed by atoms with van der Waals surface area (Å²) in [5.41, 5.74) is 2.55. The van der Waals surface area contributed by atoms with Gasteiger partial charge >= 0.3 is 0 Å². The Balaban J connectivity index is 2.41. The molecule has 0 saturated carbocycles. The zero-order chi connectivity index (χ0) is 9.68. The highest BCUT2D eigenvalue weighted by Gasteiger charge is 1.99. The van der Waals surface area contributed by atoms with Gasteiger partial charge in [0.05, 0.1) is 6.04 Å². The van der Waals surface area contributed by atoms with Gasteiger partial charge in [-0.1, -0.05) is 0 Å². The van der Waals surface area contributed by atoms with Crippen LogP contribution in [0.2, 0.25) is 0 Å². The topological polar surface area (TPSA) is 47.3 Å². The lowest BCUT2D eigenvalue weighted by molar-refractivity contribution is 0.274. The maximum atomic E-state index is 12.5. The molecule has 1 unspecified atom stereocenters. The molecule has 0 fully saturated rings. The fourth-order valence-electron chi connectivity index (χ4n) is 0.800. The van der Waals surface area contributed by atoms with Gasteiger partial charge in [-0.15, -0.1) is 0 Å². The van der Waals surface area contributed by atoms with Crippen LogP contribution in [0.25, 0.3) is 0 Å². The molecule has 1 aromatic carbocycles. The predicted molar refractivity (Wildman–Crippen MR) is 48.7 cm³/mol. The molecule has 0 radical (unpaired) electrons. The molecule has 13 heavy (non-hydrogen) atoms. The van der Waals surface area contributed by atoms with Crippen LogP contribution in [0.4, 0.5) is 4.39 Å². The second-order valence-corrected chi connectivity index (χ2v) is 2.83. The lowest BCUT2D eigenvalue weighted by Gasteiger charge is -2.11. The maximum absolute atomic E-state index is 12.5. The first-order chi connectivity index (χ1) is 6.22. The molecule has 0 bridgehead atoms. The molecule has 0 aromatic heterocycles. The van der Waals surface area contributed by atoms with Crippen molar-refractivity contribution in [3.8, 4) is 5.75 Å². The molecule has 1 rings (SSSR count). The van der Waals surface area contributed by atoms with Crippen LogP contribution in [0.15, 0.2) is 24.3 Å². The average molecular weight is 184 g/mol. The Morgan fingerprint density at radius 1 is 1.46 bits per heavy atom. The molecule has 4 heteroatoms. The van der Waals surface area contributed by atoms with Crippen LogP contribution in [0.3, 0.4) is 0 Å². The molecule has 1 aromatic rings. The molecule has 0 amide bonds. The quantitative estimate of drug-likeness (QED) is 0.543. The number of nitrogens with two attached hydrogens (primary N) is 1. The van der Waals surface area contributed by atoms with Crippen LogP contribution in [-0.4, -0.2) is 12.6 Å². The maximum Gasteiger partial charge on any atom is 0.123 e. The van der Waals surface area contributed by atoms with E-state index in [1.165, 1.54) is 12.1 Å². The number of benzene rings is 1. The third-order valence-electron chi connectivity index (χ3n) is 1.60. The highest BCUT2D eigenvalue weighted by molar-refractivity contribution is 5.22. The number of ether oxygens (including phenoxy) is 1. The fraction of sp³-hybridized carbons (Fsp3) is 0.333. The van der Waals surface area contributed by atoms with Crippen molar-refractivity contribution >= 4 is 0 Å². The summed E-state index contributed by atoms with van der Waals surface area (Å²) in [6.07, 6.45) is 0. The van der Waals surface area contributed by atoms with E-state index in [0.29, 0.717) is 12.4 Å². The summed E-state index contributed by atoms with van der Waals surface area (Å²) >= 11 is 0. The number of hydrogen-bond acceptors (Lipinski definition) is 3. The highest BCUT2D eigenvalue weighted by Crippen LogP contribution is 2.10. The molecule has 0 aliphatic rings. The van der Waals surface area contributed by atoms with Crippen LogP contribution in [0.5, 0.6) is 5.75 Å². The Kier molecular flexibility index (Phi) is 3.67. The van der Waals surface area contributed by atoms with Crippen molar-refractivity contribution in [1.82, 2.24) is 5.43 Å². The standard InChI is InChI=1S/C9H13FN2O/c1-7(12-11)6-13-9-4-2-8(10)3-5-9/h2-5,7,12H,6,11H2,1H3. The summed E-state index contributed by atoms with van der Waals surface area (Å²) in [5, 5.41) is 0. The van der Waals surface area contributed by atoms with Crippen molar-refractivity contribution in [2.75, 3.05) is 6.61 Å². The lowest BCUT2D eigenvalue weighted by atomic mass is 10.3. The van der Waals surface area contributed by atoms with E-state index in [1.807, 2.05) is 6.92 Å². The molecule has 0 aliphatic carbocycles. The highest BCUT2D eigenvalue weighted by atomic mass is 19.1. The van der Waals surface area contributed by atoms with Gasteiger partial charge in [0, 0.05) is 0 Å². The van der Waals surface area contributed by atoms with Gasteiger partial charge in [0.1, 0.15) is 18.2 Å². The summed E-state index contributed by atoms with van der Waals surface area (Å²) in [6, 6.07) is 5.95.